The predicted octanol–water partition coefficient (Wildman–Crippen LogP) is 4.05. The van der Waals surface area contributed by atoms with Gasteiger partial charge >= 0.3 is 0 Å². The predicted molar refractivity (Wildman–Crippen MR) is 120 cm³/mol. The molecule has 3 aromatic rings. The molecule has 0 saturated carbocycles. The number of nitriles is 1. The highest BCUT2D eigenvalue weighted by atomic mass is 32.1. The zero-order valence-electron chi connectivity index (χ0n) is 17.9. The normalized spacial score (nSPS) is 18.8. The maximum absolute atomic E-state index is 12.5. The Morgan fingerprint density at radius 1 is 1.28 bits per heavy atom. The molecule has 3 heterocycles. The van der Waals surface area contributed by atoms with E-state index in [4.69, 9.17) is 19.2 Å². The van der Waals surface area contributed by atoms with Crippen LogP contribution < -0.4 is 10.1 Å². The lowest BCUT2D eigenvalue weighted by Gasteiger charge is -2.34. The summed E-state index contributed by atoms with van der Waals surface area (Å²) >= 11 is 1.38. The summed E-state index contributed by atoms with van der Waals surface area (Å²) in [6.07, 6.45) is 0.393. The minimum absolute atomic E-state index is 0.115. The number of aromatic nitrogens is 1. The third-order valence-electron chi connectivity index (χ3n) is 4.92. The lowest BCUT2D eigenvalue weighted by Crippen LogP contribution is -2.44. The van der Waals surface area contributed by atoms with Crippen LogP contribution >= 0.6 is 11.3 Å². The van der Waals surface area contributed by atoms with E-state index in [9.17, 15) is 4.79 Å². The second kappa shape index (κ2) is 9.96. The molecule has 9 heteroatoms. The lowest BCUT2D eigenvalue weighted by molar-refractivity contribution is -0.0707. The van der Waals surface area contributed by atoms with Crippen LogP contribution in [0.5, 0.6) is 5.75 Å². The van der Waals surface area contributed by atoms with Crippen molar-refractivity contribution in [2.45, 2.75) is 39.2 Å². The molecule has 0 aliphatic carbocycles. The van der Waals surface area contributed by atoms with Gasteiger partial charge in [-0.3, -0.25) is 15.0 Å². The Morgan fingerprint density at radius 2 is 2.06 bits per heavy atom. The van der Waals surface area contributed by atoms with Crippen molar-refractivity contribution in [2.75, 3.05) is 18.4 Å². The molecule has 1 N–H and O–H groups in total. The average Bonchev–Trinajstić information content (AvgIpc) is 3.41. The zero-order chi connectivity index (χ0) is 22.5. The molecule has 2 unspecified atom stereocenters. The molecular weight excluding hydrogens is 428 g/mol. The highest BCUT2D eigenvalue weighted by molar-refractivity contribution is 7.13. The molecule has 1 aliphatic rings. The number of para-hydroxylation sites is 1. The van der Waals surface area contributed by atoms with Crippen LogP contribution in [-0.2, 0) is 17.9 Å². The second-order valence-electron chi connectivity index (χ2n) is 7.71. The molecule has 1 fully saturated rings. The van der Waals surface area contributed by atoms with Gasteiger partial charge in [0.15, 0.2) is 10.9 Å². The number of nitrogens with one attached hydrogen (secondary N) is 1. The number of nitrogens with zero attached hydrogens (tertiary/aromatic N) is 3. The molecule has 166 valence electrons. The van der Waals surface area contributed by atoms with E-state index in [1.165, 1.54) is 11.3 Å². The number of morpholine rings is 1. The van der Waals surface area contributed by atoms with E-state index in [0.717, 1.165) is 25.3 Å². The molecule has 2 atom stereocenters. The van der Waals surface area contributed by atoms with Crippen molar-refractivity contribution in [1.82, 2.24) is 9.88 Å². The summed E-state index contributed by atoms with van der Waals surface area (Å²) in [5.41, 5.74) is 1.36. The van der Waals surface area contributed by atoms with E-state index < -0.39 is 0 Å². The Morgan fingerprint density at radius 3 is 2.84 bits per heavy atom. The summed E-state index contributed by atoms with van der Waals surface area (Å²) < 4.78 is 17.0. The monoisotopic (exact) mass is 452 g/mol. The Kier molecular flexibility index (Phi) is 6.85. The number of carbonyl (C=O) groups is 1. The van der Waals surface area contributed by atoms with Crippen molar-refractivity contribution in [3.63, 3.8) is 0 Å². The number of rotatable bonds is 7. The largest absolute Gasteiger partial charge is 0.484 e. The minimum atomic E-state index is -0.372. The van der Waals surface area contributed by atoms with Gasteiger partial charge in [0.25, 0.3) is 5.91 Å². The highest BCUT2D eigenvalue weighted by Crippen LogP contribution is 2.22. The molecule has 1 aromatic carbocycles. The second-order valence-corrected chi connectivity index (χ2v) is 8.57. The molecule has 1 aliphatic heterocycles. The lowest BCUT2D eigenvalue weighted by atomic mass is 10.2. The van der Waals surface area contributed by atoms with E-state index in [2.05, 4.69) is 35.1 Å². The van der Waals surface area contributed by atoms with E-state index in [0.29, 0.717) is 22.2 Å². The first-order valence-corrected chi connectivity index (χ1v) is 11.2. The van der Waals surface area contributed by atoms with Crippen molar-refractivity contribution >= 4 is 22.4 Å². The number of anilines is 1. The molecule has 8 nitrogen and oxygen atoms in total. The summed E-state index contributed by atoms with van der Waals surface area (Å²) in [4.78, 5) is 19.4. The Bertz CT molecular complexity index is 1110. The fourth-order valence-electron chi connectivity index (χ4n) is 3.65. The number of furan rings is 1. The van der Waals surface area contributed by atoms with Gasteiger partial charge < -0.3 is 13.9 Å². The van der Waals surface area contributed by atoms with Crippen molar-refractivity contribution < 1.29 is 18.7 Å². The summed E-state index contributed by atoms with van der Waals surface area (Å²) in [5, 5.41) is 14.4. The SMILES string of the molecule is CC1CN(Cc2csc(NC(=O)c3ccc(COc4ccccc4C#N)o3)n2)CC(C)O1. The molecule has 32 heavy (non-hydrogen) atoms. The molecule has 0 spiro atoms. The summed E-state index contributed by atoms with van der Waals surface area (Å²) in [7, 11) is 0. The summed E-state index contributed by atoms with van der Waals surface area (Å²) in [6.45, 7) is 6.69. The van der Waals surface area contributed by atoms with E-state index in [1.807, 2.05) is 5.38 Å². The topological polar surface area (TPSA) is 101 Å². The van der Waals surface area contributed by atoms with Crippen molar-refractivity contribution in [1.29, 1.82) is 5.26 Å². The van der Waals surface area contributed by atoms with Gasteiger partial charge in [0.1, 0.15) is 24.2 Å². The van der Waals surface area contributed by atoms with E-state index in [-0.39, 0.29) is 30.5 Å². The Labute approximate surface area is 190 Å². The van der Waals surface area contributed by atoms with Crippen LogP contribution in [0.3, 0.4) is 0 Å². The Balaban J connectivity index is 1.31. The van der Waals surface area contributed by atoms with Crippen LogP contribution in [0.15, 0.2) is 46.2 Å². The van der Waals surface area contributed by atoms with Crippen molar-refractivity contribution in [2.24, 2.45) is 0 Å². The van der Waals surface area contributed by atoms with Crippen molar-refractivity contribution in [3.05, 3.63) is 64.6 Å². The number of ether oxygens (including phenoxy) is 2. The highest BCUT2D eigenvalue weighted by Gasteiger charge is 2.23. The van der Waals surface area contributed by atoms with Crippen molar-refractivity contribution in [3.8, 4) is 11.8 Å². The van der Waals surface area contributed by atoms with Crippen LogP contribution in [0.2, 0.25) is 0 Å². The number of hydrogen-bond donors (Lipinski definition) is 1. The third kappa shape index (κ3) is 5.53. The zero-order valence-corrected chi connectivity index (χ0v) is 18.7. The van der Waals surface area contributed by atoms with Gasteiger partial charge in [0.2, 0.25) is 0 Å². The summed E-state index contributed by atoms with van der Waals surface area (Å²) in [6, 6.07) is 12.3. The van der Waals surface area contributed by atoms with Crippen LogP contribution in [0.1, 0.15) is 41.4 Å². The standard InChI is InChI=1S/C23H24N4O4S/c1-15-10-27(11-16(2)30-15)12-18-14-32-23(25-18)26-22(28)21-8-7-19(31-21)13-29-20-6-4-3-5-17(20)9-24/h3-8,14-16H,10-13H2,1-2H3,(H,25,26,28). The van der Waals surface area contributed by atoms with Gasteiger partial charge in [-0.15, -0.1) is 11.3 Å². The van der Waals surface area contributed by atoms with E-state index >= 15 is 0 Å². The van der Waals surface area contributed by atoms with Crippen LogP contribution in [-0.4, -0.2) is 41.1 Å². The quantitative estimate of drug-likeness (QED) is 0.577. The van der Waals surface area contributed by atoms with Gasteiger partial charge in [-0.25, -0.2) is 4.98 Å². The molecule has 0 radical (unpaired) electrons. The number of benzene rings is 1. The van der Waals surface area contributed by atoms with Crippen LogP contribution in [0.25, 0.3) is 0 Å². The fraction of sp³-hybridized carbons (Fsp3) is 0.348. The molecule has 1 amide bonds. The molecular formula is C23H24N4O4S. The van der Waals surface area contributed by atoms with Gasteiger partial charge in [0.05, 0.1) is 23.5 Å². The van der Waals surface area contributed by atoms with Gasteiger partial charge in [-0.1, -0.05) is 12.1 Å². The minimum Gasteiger partial charge on any atom is -0.484 e. The molecule has 0 bridgehead atoms. The number of carbonyl (C=O) groups excluding carboxylic acids is 1. The number of hydrogen-bond acceptors (Lipinski definition) is 8. The third-order valence-corrected chi connectivity index (χ3v) is 5.72. The first-order valence-electron chi connectivity index (χ1n) is 10.3. The Hall–Kier alpha value is -3.19. The van der Waals surface area contributed by atoms with Gasteiger partial charge in [-0.05, 0) is 38.1 Å². The first-order chi connectivity index (χ1) is 15.5. The number of amides is 1. The van der Waals surface area contributed by atoms with Gasteiger partial charge in [-0.2, -0.15) is 5.26 Å². The number of thiazole rings is 1. The molecule has 1 saturated heterocycles. The maximum Gasteiger partial charge on any atom is 0.293 e. The van der Waals surface area contributed by atoms with Crippen LogP contribution in [0, 0.1) is 11.3 Å². The fourth-order valence-corrected chi connectivity index (χ4v) is 4.35. The molecule has 2 aromatic heterocycles. The summed E-state index contributed by atoms with van der Waals surface area (Å²) in [5.74, 6) is 0.753. The molecule has 4 rings (SSSR count). The maximum atomic E-state index is 12.5. The van der Waals surface area contributed by atoms with Gasteiger partial charge in [0, 0.05) is 25.0 Å². The van der Waals surface area contributed by atoms with Crippen LogP contribution in [0.4, 0.5) is 5.13 Å². The first kappa shape index (κ1) is 22.0. The van der Waals surface area contributed by atoms with E-state index in [1.54, 1.807) is 36.4 Å². The smallest absolute Gasteiger partial charge is 0.293 e. The average molecular weight is 453 g/mol.